The molecule has 0 aliphatic heterocycles. The van der Waals surface area contributed by atoms with Crippen molar-refractivity contribution in [1.82, 2.24) is 5.32 Å². The van der Waals surface area contributed by atoms with Crippen molar-refractivity contribution < 1.29 is 5.11 Å². The third-order valence-corrected chi connectivity index (χ3v) is 1.73. The summed E-state index contributed by atoms with van der Waals surface area (Å²) in [5, 5.41) is 11.8. The first-order valence-electron chi connectivity index (χ1n) is 2.98. The summed E-state index contributed by atoms with van der Waals surface area (Å²) in [6.07, 6.45) is 0.958. The molecule has 0 heterocycles. The van der Waals surface area contributed by atoms with Gasteiger partial charge in [0, 0.05) is 5.54 Å². The number of hydrogen-bond acceptors (Lipinski definition) is 2. The fourth-order valence-corrected chi connectivity index (χ4v) is 0.368. The van der Waals surface area contributed by atoms with Gasteiger partial charge in [0.05, 0.1) is 6.61 Å². The van der Waals surface area contributed by atoms with Crippen molar-refractivity contribution in [3.8, 4) is 0 Å². The monoisotopic (exact) mass is 117 g/mol. The molecule has 2 N–H and O–H groups in total. The van der Waals surface area contributed by atoms with Crippen LogP contribution >= 0.6 is 0 Å². The van der Waals surface area contributed by atoms with Crippen LogP contribution in [0.25, 0.3) is 0 Å². The van der Waals surface area contributed by atoms with Gasteiger partial charge in [-0.25, -0.2) is 0 Å². The molecule has 0 saturated heterocycles. The molecule has 0 saturated carbocycles. The zero-order valence-corrected chi connectivity index (χ0v) is 5.86. The zero-order valence-electron chi connectivity index (χ0n) is 5.86. The summed E-state index contributed by atoms with van der Waals surface area (Å²) >= 11 is 0. The molecule has 2 nitrogen and oxygen atoms in total. The highest BCUT2D eigenvalue weighted by Gasteiger charge is 2.16. The molecular formula is C6H15NO. The molecule has 0 aliphatic carbocycles. The van der Waals surface area contributed by atoms with Crippen LogP contribution in [0, 0.1) is 0 Å². The first-order chi connectivity index (χ1) is 3.68. The van der Waals surface area contributed by atoms with Gasteiger partial charge in [-0.1, -0.05) is 6.92 Å². The second-order valence-electron chi connectivity index (χ2n) is 2.32. The van der Waals surface area contributed by atoms with Crippen LogP contribution in [0.3, 0.4) is 0 Å². The predicted octanol–water partition coefficient (Wildman–Crippen LogP) is 0.367. The Bertz CT molecular complexity index is 51.3. The van der Waals surface area contributed by atoms with Crippen LogP contribution in [-0.2, 0) is 0 Å². The van der Waals surface area contributed by atoms with E-state index in [0.29, 0.717) is 0 Å². The van der Waals surface area contributed by atoms with E-state index >= 15 is 0 Å². The van der Waals surface area contributed by atoms with Crippen molar-refractivity contribution >= 4 is 0 Å². The van der Waals surface area contributed by atoms with Crippen molar-refractivity contribution in [3.05, 3.63) is 0 Å². The third-order valence-electron chi connectivity index (χ3n) is 1.73. The lowest BCUT2D eigenvalue weighted by molar-refractivity contribution is 0.178. The molecule has 0 aromatic rings. The maximum absolute atomic E-state index is 8.72. The van der Waals surface area contributed by atoms with Gasteiger partial charge in [0.1, 0.15) is 0 Å². The summed E-state index contributed by atoms with van der Waals surface area (Å²) in [5.41, 5.74) is -0.0694. The topological polar surface area (TPSA) is 32.3 Å². The Morgan fingerprint density at radius 2 is 2.12 bits per heavy atom. The van der Waals surface area contributed by atoms with Gasteiger partial charge in [0.2, 0.25) is 0 Å². The molecule has 0 aromatic carbocycles. The largest absolute Gasteiger partial charge is 0.394 e. The molecule has 0 radical (unpaired) electrons. The second-order valence-corrected chi connectivity index (χ2v) is 2.32. The van der Waals surface area contributed by atoms with Gasteiger partial charge in [-0.15, -0.1) is 0 Å². The lowest BCUT2D eigenvalue weighted by Gasteiger charge is -2.24. The van der Waals surface area contributed by atoms with E-state index in [1.165, 1.54) is 0 Å². The summed E-state index contributed by atoms with van der Waals surface area (Å²) < 4.78 is 0. The highest BCUT2D eigenvalue weighted by Crippen LogP contribution is 2.04. The second kappa shape index (κ2) is 3.05. The van der Waals surface area contributed by atoms with E-state index in [1.807, 2.05) is 20.9 Å². The average molecular weight is 117 g/mol. The molecule has 8 heavy (non-hydrogen) atoms. The number of aliphatic hydroxyl groups excluding tert-OH is 1. The van der Waals surface area contributed by atoms with Crippen LogP contribution in [0.2, 0.25) is 0 Å². The quantitative estimate of drug-likeness (QED) is 0.559. The van der Waals surface area contributed by atoms with Gasteiger partial charge in [0.15, 0.2) is 0 Å². The van der Waals surface area contributed by atoms with Crippen LogP contribution in [0.4, 0.5) is 0 Å². The van der Waals surface area contributed by atoms with E-state index < -0.39 is 0 Å². The third kappa shape index (κ3) is 1.80. The van der Waals surface area contributed by atoms with Crippen LogP contribution in [0.5, 0.6) is 0 Å². The van der Waals surface area contributed by atoms with Crippen molar-refractivity contribution in [2.45, 2.75) is 25.8 Å². The van der Waals surface area contributed by atoms with Crippen molar-refractivity contribution in [3.63, 3.8) is 0 Å². The van der Waals surface area contributed by atoms with Gasteiger partial charge >= 0.3 is 0 Å². The van der Waals surface area contributed by atoms with Gasteiger partial charge in [-0.3, -0.25) is 0 Å². The molecule has 0 aromatic heterocycles. The standard InChI is InChI=1S/C6H15NO/c1-4-6(2,5-8)7-3/h7-8H,4-5H2,1-3H3/t6-/m0/s1. The highest BCUT2D eigenvalue weighted by atomic mass is 16.3. The molecular weight excluding hydrogens is 102 g/mol. The molecule has 50 valence electrons. The van der Waals surface area contributed by atoms with Crippen LogP contribution in [0.1, 0.15) is 20.3 Å². The molecule has 0 fully saturated rings. The number of hydrogen-bond donors (Lipinski definition) is 2. The van der Waals surface area contributed by atoms with Gasteiger partial charge in [-0.05, 0) is 20.4 Å². The molecule has 2 heteroatoms. The summed E-state index contributed by atoms with van der Waals surface area (Å²) in [4.78, 5) is 0. The van der Waals surface area contributed by atoms with Crippen LogP contribution in [0.15, 0.2) is 0 Å². The maximum Gasteiger partial charge on any atom is 0.0610 e. The summed E-state index contributed by atoms with van der Waals surface area (Å²) in [7, 11) is 1.86. The molecule has 0 spiro atoms. The fourth-order valence-electron chi connectivity index (χ4n) is 0.368. The minimum atomic E-state index is -0.0694. The smallest absolute Gasteiger partial charge is 0.0610 e. The zero-order chi connectivity index (χ0) is 6.62. The first-order valence-corrected chi connectivity index (χ1v) is 2.98. The van der Waals surface area contributed by atoms with E-state index in [2.05, 4.69) is 5.32 Å². The van der Waals surface area contributed by atoms with Crippen LogP contribution < -0.4 is 5.32 Å². The Morgan fingerprint density at radius 1 is 1.62 bits per heavy atom. The number of rotatable bonds is 3. The van der Waals surface area contributed by atoms with E-state index in [4.69, 9.17) is 5.11 Å². The molecule has 0 aliphatic rings. The predicted molar refractivity (Wildman–Crippen MR) is 34.8 cm³/mol. The normalized spacial score (nSPS) is 18.0. The molecule has 0 rings (SSSR count). The number of nitrogens with one attached hydrogen (secondary N) is 1. The lowest BCUT2D eigenvalue weighted by atomic mass is 10.0. The Balaban J connectivity index is 3.58. The molecule has 0 bridgehead atoms. The van der Waals surface area contributed by atoms with Gasteiger partial charge in [0.25, 0.3) is 0 Å². The average Bonchev–Trinajstić information content (AvgIpc) is 1.87. The number of likely N-dealkylation sites (N-methyl/N-ethyl adjacent to an activating group) is 1. The number of aliphatic hydroxyl groups is 1. The van der Waals surface area contributed by atoms with Crippen molar-refractivity contribution in [2.75, 3.05) is 13.7 Å². The van der Waals surface area contributed by atoms with Crippen molar-refractivity contribution in [1.29, 1.82) is 0 Å². The summed E-state index contributed by atoms with van der Waals surface area (Å²) in [6, 6.07) is 0. The SMILES string of the molecule is CC[C@@](C)(CO)NC. The van der Waals surface area contributed by atoms with E-state index in [0.717, 1.165) is 6.42 Å². The van der Waals surface area contributed by atoms with Gasteiger partial charge in [-0.2, -0.15) is 0 Å². The maximum atomic E-state index is 8.72. The van der Waals surface area contributed by atoms with Crippen LogP contribution in [-0.4, -0.2) is 24.3 Å². The summed E-state index contributed by atoms with van der Waals surface area (Å²) in [5.74, 6) is 0. The van der Waals surface area contributed by atoms with E-state index in [-0.39, 0.29) is 12.1 Å². The Hall–Kier alpha value is -0.0800. The molecule has 1 atom stereocenters. The molecule has 0 unspecified atom stereocenters. The highest BCUT2D eigenvalue weighted by molar-refractivity contribution is 4.77. The first kappa shape index (κ1) is 7.92. The minimum absolute atomic E-state index is 0.0694. The Morgan fingerprint density at radius 3 is 2.12 bits per heavy atom. The fraction of sp³-hybridized carbons (Fsp3) is 1.00. The molecule has 0 amide bonds. The van der Waals surface area contributed by atoms with E-state index in [1.54, 1.807) is 0 Å². The summed E-state index contributed by atoms with van der Waals surface area (Å²) in [6.45, 7) is 4.25. The van der Waals surface area contributed by atoms with Crippen molar-refractivity contribution in [2.24, 2.45) is 0 Å². The lowest BCUT2D eigenvalue weighted by Crippen LogP contribution is -2.42. The van der Waals surface area contributed by atoms with Gasteiger partial charge < -0.3 is 10.4 Å². The Kier molecular flexibility index (Phi) is 3.02. The Labute approximate surface area is 50.9 Å². The van der Waals surface area contributed by atoms with E-state index in [9.17, 15) is 0 Å². The minimum Gasteiger partial charge on any atom is -0.394 e.